The first-order valence-electron chi connectivity index (χ1n) is 6.25. The van der Waals surface area contributed by atoms with Crippen molar-refractivity contribution < 1.29 is 0 Å². The summed E-state index contributed by atoms with van der Waals surface area (Å²) in [5.74, 6) is 1.76. The molecule has 1 aliphatic carbocycles. The molecule has 14 heavy (non-hydrogen) atoms. The fourth-order valence-corrected chi connectivity index (χ4v) is 2.62. The molecular weight excluding hydrogens is 172 g/mol. The van der Waals surface area contributed by atoms with Crippen molar-refractivity contribution in [3.63, 3.8) is 0 Å². The van der Waals surface area contributed by atoms with Crippen LogP contribution in [0.3, 0.4) is 0 Å². The van der Waals surface area contributed by atoms with Gasteiger partial charge in [-0.05, 0) is 43.9 Å². The molecule has 2 unspecified atom stereocenters. The Labute approximate surface area is 87.6 Å². The average molecular weight is 195 g/mol. The minimum atomic E-state index is 0.502. The van der Waals surface area contributed by atoms with Gasteiger partial charge in [0, 0.05) is 19.1 Å². The number of nitrogens with zero attached hydrogens (tertiary/aromatic N) is 1. The normalized spacial score (nSPS) is 30.2. The largest absolute Gasteiger partial charge is 0.327 e. The van der Waals surface area contributed by atoms with Crippen molar-refractivity contribution in [2.24, 2.45) is 17.6 Å². The van der Waals surface area contributed by atoms with Gasteiger partial charge in [0.15, 0.2) is 0 Å². The van der Waals surface area contributed by atoms with Gasteiger partial charge in [-0.2, -0.15) is 0 Å². The maximum absolute atomic E-state index is 6.14. The maximum Gasteiger partial charge on any atom is 0.0162 e. The Morgan fingerprint density at radius 3 is 2.71 bits per heavy atom. The summed E-state index contributed by atoms with van der Waals surface area (Å²) in [6.45, 7) is 2.23. The lowest BCUT2D eigenvalue weighted by atomic mass is 9.78. The molecule has 2 rings (SSSR count). The predicted octanol–water partition coefficient (Wildman–Crippen LogP) is 1.91. The van der Waals surface area contributed by atoms with Gasteiger partial charge in [0.1, 0.15) is 0 Å². The molecule has 2 aliphatic rings. The Bertz CT molecular complexity index is 160. The Morgan fingerprint density at radius 1 is 1.29 bits per heavy atom. The predicted molar refractivity (Wildman–Crippen MR) is 59.1 cm³/mol. The molecule has 1 aliphatic heterocycles. The lowest BCUT2D eigenvalue weighted by Gasteiger charge is -2.31. The van der Waals surface area contributed by atoms with E-state index in [-0.39, 0.29) is 0 Å². The Balaban J connectivity index is 1.52. The van der Waals surface area contributed by atoms with Gasteiger partial charge in [-0.1, -0.05) is 12.8 Å². The summed E-state index contributed by atoms with van der Waals surface area (Å²) < 4.78 is 0. The molecule has 0 bridgehead atoms. The molecule has 2 N–H and O–H groups in total. The van der Waals surface area contributed by atoms with E-state index >= 15 is 0 Å². The molecule has 0 aromatic rings. The minimum Gasteiger partial charge on any atom is -0.327 e. The third kappa shape index (κ3) is 2.71. The molecule has 0 aromatic heterocycles. The van der Waals surface area contributed by atoms with Gasteiger partial charge in [0.25, 0.3) is 0 Å². The van der Waals surface area contributed by atoms with E-state index < -0.39 is 0 Å². The summed E-state index contributed by atoms with van der Waals surface area (Å²) >= 11 is 0. The number of hydrogen-bond acceptors (Lipinski definition) is 1. The number of nitrogens with two attached hydrogens (primary N) is 1. The zero-order valence-electron chi connectivity index (χ0n) is 9.12. The summed E-state index contributed by atoms with van der Waals surface area (Å²) in [4.78, 5) is 0. The van der Waals surface area contributed by atoms with Crippen LogP contribution in [0.2, 0.25) is 0 Å². The Kier molecular flexibility index (Phi) is 3.82. The highest BCUT2D eigenvalue weighted by Gasteiger charge is 2.24. The zero-order valence-corrected chi connectivity index (χ0v) is 9.12. The van der Waals surface area contributed by atoms with Gasteiger partial charge in [0.2, 0.25) is 0 Å². The van der Waals surface area contributed by atoms with Crippen LogP contribution in [-0.2, 0) is 0 Å². The standard InChI is InChI=1S/C12H23N2/c13-12(11-4-2-5-11)6-1-3-10-7-8-14-9-10/h10-12H,1-9,13H2. The summed E-state index contributed by atoms with van der Waals surface area (Å²) in [7, 11) is 0. The molecule has 1 radical (unpaired) electrons. The van der Waals surface area contributed by atoms with Crippen LogP contribution in [0.5, 0.6) is 0 Å². The van der Waals surface area contributed by atoms with Crippen molar-refractivity contribution in [1.29, 1.82) is 0 Å². The summed E-state index contributed by atoms with van der Waals surface area (Å²) in [5.41, 5.74) is 6.14. The smallest absolute Gasteiger partial charge is 0.0162 e. The van der Waals surface area contributed by atoms with E-state index in [1.807, 2.05) is 0 Å². The van der Waals surface area contributed by atoms with E-state index in [9.17, 15) is 0 Å². The highest BCUT2D eigenvalue weighted by molar-refractivity contribution is 4.80. The van der Waals surface area contributed by atoms with Crippen LogP contribution in [0.4, 0.5) is 0 Å². The quantitative estimate of drug-likeness (QED) is 0.715. The highest BCUT2D eigenvalue weighted by atomic mass is 14.9. The van der Waals surface area contributed by atoms with Gasteiger partial charge >= 0.3 is 0 Å². The first-order valence-corrected chi connectivity index (χ1v) is 6.25. The zero-order chi connectivity index (χ0) is 9.80. The second-order valence-corrected chi connectivity index (χ2v) is 5.07. The maximum atomic E-state index is 6.14. The van der Waals surface area contributed by atoms with E-state index in [0.717, 1.165) is 24.9 Å². The fourth-order valence-electron chi connectivity index (χ4n) is 2.62. The van der Waals surface area contributed by atoms with E-state index in [1.165, 1.54) is 44.9 Å². The summed E-state index contributed by atoms with van der Waals surface area (Å²) in [5, 5.41) is 4.39. The Hall–Kier alpha value is -0.0800. The topological polar surface area (TPSA) is 40.1 Å². The van der Waals surface area contributed by atoms with Gasteiger partial charge in [-0.25, -0.2) is 5.32 Å². The Morgan fingerprint density at radius 2 is 2.14 bits per heavy atom. The third-order valence-electron chi connectivity index (χ3n) is 3.99. The molecule has 2 atom stereocenters. The fraction of sp³-hybridized carbons (Fsp3) is 1.00. The van der Waals surface area contributed by atoms with E-state index in [0.29, 0.717) is 6.04 Å². The van der Waals surface area contributed by atoms with Crippen LogP contribution in [0.1, 0.15) is 44.9 Å². The third-order valence-corrected chi connectivity index (χ3v) is 3.99. The molecule has 2 nitrogen and oxygen atoms in total. The lowest BCUT2D eigenvalue weighted by molar-refractivity contribution is 0.247. The van der Waals surface area contributed by atoms with E-state index in [2.05, 4.69) is 5.32 Å². The van der Waals surface area contributed by atoms with Crippen LogP contribution < -0.4 is 11.1 Å². The van der Waals surface area contributed by atoms with Gasteiger partial charge in [0.05, 0.1) is 0 Å². The van der Waals surface area contributed by atoms with Crippen molar-refractivity contribution in [2.45, 2.75) is 51.0 Å². The summed E-state index contributed by atoms with van der Waals surface area (Å²) in [6, 6.07) is 0.502. The molecular formula is C12H23N2. The second kappa shape index (κ2) is 5.13. The van der Waals surface area contributed by atoms with Crippen LogP contribution in [0.15, 0.2) is 0 Å². The lowest BCUT2D eigenvalue weighted by Crippen LogP contribution is -2.34. The average Bonchev–Trinajstić information content (AvgIpc) is 2.53. The molecule has 0 aromatic carbocycles. The van der Waals surface area contributed by atoms with Crippen LogP contribution in [0.25, 0.3) is 0 Å². The first-order chi connectivity index (χ1) is 6.86. The van der Waals surface area contributed by atoms with E-state index in [4.69, 9.17) is 5.73 Å². The molecule has 81 valence electrons. The van der Waals surface area contributed by atoms with Gasteiger partial charge in [-0.3, -0.25) is 0 Å². The SMILES string of the molecule is NC(CCCC1CC[N]C1)C1CCC1. The minimum absolute atomic E-state index is 0.502. The van der Waals surface area contributed by atoms with Gasteiger partial charge in [-0.15, -0.1) is 0 Å². The van der Waals surface area contributed by atoms with E-state index in [1.54, 1.807) is 0 Å². The van der Waals surface area contributed by atoms with Crippen molar-refractivity contribution in [1.82, 2.24) is 5.32 Å². The van der Waals surface area contributed by atoms with Crippen molar-refractivity contribution >= 4 is 0 Å². The molecule has 2 heteroatoms. The monoisotopic (exact) mass is 195 g/mol. The number of rotatable bonds is 5. The van der Waals surface area contributed by atoms with Crippen molar-refractivity contribution in [3.05, 3.63) is 0 Å². The highest BCUT2D eigenvalue weighted by Crippen LogP contribution is 2.30. The van der Waals surface area contributed by atoms with Crippen LogP contribution >= 0.6 is 0 Å². The van der Waals surface area contributed by atoms with Crippen LogP contribution in [0, 0.1) is 11.8 Å². The summed E-state index contributed by atoms with van der Waals surface area (Å²) in [6.07, 6.45) is 9.47. The van der Waals surface area contributed by atoms with Crippen LogP contribution in [-0.4, -0.2) is 19.1 Å². The van der Waals surface area contributed by atoms with Crippen molar-refractivity contribution in [3.8, 4) is 0 Å². The molecule has 1 saturated heterocycles. The second-order valence-electron chi connectivity index (χ2n) is 5.07. The molecule has 0 amide bonds. The van der Waals surface area contributed by atoms with Crippen molar-refractivity contribution in [2.75, 3.05) is 13.1 Å². The number of hydrogen-bond donors (Lipinski definition) is 1. The molecule has 1 heterocycles. The van der Waals surface area contributed by atoms with Gasteiger partial charge < -0.3 is 5.73 Å². The molecule has 0 spiro atoms. The molecule has 2 fully saturated rings. The molecule has 1 saturated carbocycles. The first kappa shape index (κ1) is 10.4.